The number of likely N-dealkylation sites (N-methyl/N-ethyl adjacent to an activating group) is 1. The number of hydrogen-bond acceptors (Lipinski definition) is 2. The minimum Gasteiger partial charge on any atom is -0.348 e. The number of nitrogens with zero attached hydrogens (tertiary/aromatic N) is 2. The average Bonchev–Trinajstić information content (AvgIpc) is 2.61. The molecule has 1 aliphatic heterocycles. The topological polar surface area (TPSA) is 23.6 Å². The van der Waals surface area contributed by atoms with Gasteiger partial charge in [0.1, 0.15) is 0 Å². The van der Waals surface area contributed by atoms with Gasteiger partial charge in [-0.15, -0.1) is 0 Å². The first-order valence-electron chi connectivity index (χ1n) is 9.32. The number of fused-ring (bicyclic) bond motifs is 3. The molecule has 0 saturated carbocycles. The molecule has 2 atom stereocenters. The second-order valence-corrected chi connectivity index (χ2v) is 7.51. The first-order valence-corrected chi connectivity index (χ1v) is 9.32. The molecule has 1 aromatic rings. The van der Waals surface area contributed by atoms with Crippen molar-refractivity contribution in [1.29, 1.82) is 0 Å². The molecule has 0 bridgehead atoms. The van der Waals surface area contributed by atoms with E-state index in [2.05, 4.69) is 56.9 Å². The molecule has 1 amide bonds. The van der Waals surface area contributed by atoms with E-state index < -0.39 is 0 Å². The summed E-state index contributed by atoms with van der Waals surface area (Å²) < 4.78 is 0. The molecule has 0 saturated heterocycles. The van der Waals surface area contributed by atoms with Crippen LogP contribution in [0.15, 0.2) is 24.3 Å². The highest BCUT2D eigenvalue weighted by Gasteiger charge is 2.37. The van der Waals surface area contributed by atoms with E-state index in [0.717, 1.165) is 19.5 Å². The maximum absolute atomic E-state index is 12.6. The summed E-state index contributed by atoms with van der Waals surface area (Å²) in [5, 5.41) is 0. The first kappa shape index (κ1) is 17.9. The summed E-state index contributed by atoms with van der Waals surface area (Å²) in [5.41, 5.74) is 8.20. The lowest BCUT2D eigenvalue weighted by molar-refractivity contribution is -0.132. The van der Waals surface area contributed by atoms with E-state index >= 15 is 0 Å². The van der Waals surface area contributed by atoms with Crippen molar-refractivity contribution in [2.75, 3.05) is 27.2 Å². The summed E-state index contributed by atoms with van der Waals surface area (Å²) in [6, 6.07) is 4.87. The number of benzene rings is 1. The molecule has 0 N–H and O–H groups in total. The Morgan fingerprint density at radius 1 is 1.32 bits per heavy atom. The van der Waals surface area contributed by atoms with Gasteiger partial charge in [-0.2, -0.15) is 0 Å². The van der Waals surface area contributed by atoms with Crippen molar-refractivity contribution in [2.24, 2.45) is 5.92 Å². The average molecular weight is 338 g/mol. The van der Waals surface area contributed by atoms with Gasteiger partial charge in [0, 0.05) is 26.7 Å². The van der Waals surface area contributed by atoms with E-state index in [1.165, 1.54) is 33.4 Å². The Hall–Kier alpha value is -1.87. The molecule has 1 heterocycles. The van der Waals surface area contributed by atoms with Gasteiger partial charge in [-0.3, -0.25) is 9.69 Å². The van der Waals surface area contributed by atoms with Gasteiger partial charge in [-0.25, -0.2) is 0 Å². The van der Waals surface area contributed by atoms with Gasteiger partial charge in [-0.05, 0) is 67.1 Å². The van der Waals surface area contributed by atoms with Crippen molar-refractivity contribution in [1.82, 2.24) is 9.80 Å². The van der Waals surface area contributed by atoms with Crippen molar-refractivity contribution in [2.45, 2.75) is 40.2 Å². The normalized spacial score (nSPS) is 24.6. The van der Waals surface area contributed by atoms with Crippen LogP contribution in [0.2, 0.25) is 0 Å². The summed E-state index contributed by atoms with van der Waals surface area (Å²) in [7, 11) is 3.70. The van der Waals surface area contributed by atoms with E-state index in [9.17, 15) is 4.79 Å². The SMILES string of the molecule is C/C=C1\CC2C(=CC(C(=O)N(C)C)CN2CC)c2ccc(C)c(C)c21. The number of allylic oxidation sites excluding steroid dienone is 1. The van der Waals surface area contributed by atoms with Gasteiger partial charge in [0.2, 0.25) is 5.91 Å². The number of hydrogen-bond donors (Lipinski definition) is 0. The molecular weight excluding hydrogens is 308 g/mol. The van der Waals surface area contributed by atoms with Crippen LogP contribution >= 0.6 is 0 Å². The van der Waals surface area contributed by atoms with Gasteiger partial charge >= 0.3 is 0 Å². The number of rotatable bonds is 2. The lowest BCUT2D eigenvalue weighted by atomic mass is 9.74. The van der Waals surface area contributed by atoms with Gasteiger partial charge in [-0.1, -0.05) is 31.2 Å². The lowest BCUT2D eigenvalue weighted by Crippen LogP contribution is -2.47. The van der Waals surface area contributed by atoms with Crippen molar-refractivity contribution in [3.8, 4) is 0 Å². The van der Waals surface area contributed by atoms with Crippen molar-refractivity contribution >= 4 is 17.1 Å². The molecule has 3 nitrogen and oxygen atoms in total. The molecule has 0 fully saturated rings. The highest BCUT2D eigenvalue weighted by atomic mass is 16.2. The highest BCUT2D eigenvalue weighted by molar-refractivity contribution is 5.92. The maximum Gasteiger partial charge on any atom is 0.230 e. The Labute approximate surface area is 152 Å². The predicted molar refractivity (Wildman–Crippen MR) is 105 cm³/mol. The van der Waals surface area contributed by atoms with Crippen LogP contribution in [0.25, 0.3) is 11.1 Å². The molecule has 1 aromatic carbocycles. The summed E-state index contributed by atoms with van der Waals surface area (Å²) in [5.74, 6) is 0.148. The minimum absolute atomic E-state index is 0.0529. The third-order valence-electron chi connectivity index (χ3n) is 5.91. The molecule has 3 rings (SSSR count). The summed E-state index contributed by atoms with van der Waals surface area (Å²) in [6.45, 7) is 10.5. The number of carbonyl (C=O) groups excluding carboxylic acids is 1. The molecule has 0 spiro atoms. The summed E-state index contributed by atoms with van der Waals surface area (Å²) in [6.07, 6.45) is 5.56. The maximum atomic E-state index is 12.6. The predicted octanol–water partition coefficient (Wildman–Crippen LogP) is 3.90. The molecule has 134 valence electrons. The van der Waals surface area contributed by atoms with E-state index in [1.54, 1.807) is 4.90 Å². The van der Waals surface area contributed by atoms with Crippen LogP contribution < -0.4 is 0 Å². The third kappa shape index (κ3) is 2.95. The molecule has 0 aromatic heterocycles. The number of amides is 1. The Kier molecular flexibility index (Phi) is 4.88. The van der Waals surface area contributed by atoms with Crippen molar-refractivity contribution in [3.05, 3.63) is 46.5 Å². The van der Waals surface area contributed by atoms with Crippen molar-refractivity contribution in [3.63, 3.8) is 0 Å². The first-order chi connectivity index (χ1) is 11.9. The van der Waals surface area contributed by atoms with Gasteiger partial charge in [0.05, 0.1) is 5.92 Å². The highest BCUT2D eigenvalue weighted by Crippen LogP contribution is 2.44. The van der Waals surface area contributed by atoms with Crippen LogP contribution in [0.3, 0.4) is 0 Å². The standard InChI is InChI=1S/C22H30N2O/c1-7-16-12-20-19(18-10-9-14(3)15(4)21(16)18)11-17(13-24(20)8-2)22(25)23(5)6/h7,9-11,17,20H,8,12-13H2,1-6H3/b16-7+. The fourth-order valence-electron chi connectivity index (χ4n) is 4.34. The monoisotopic (exact) mass is 338 g/mol. The Balaban J connectivity index is 2.18. The molecule has 0 radical (unpaired) electrons. The lowest BCUT2D eigenvalue weighted by Gasteiger charge is -2.43. The van der Waals surface area contributed by atoms with E-state index in [4.69, 9.17) is 0 Å². The smallest absolute Gasteiger partial charge is 0.230 e. The van der Waals surface area contributed by atoms with Crippen LogP contribution in [0.1, 0.15) is 42.5 Å². The Morgan fingerprint density at radius 3 is 2.64 bits per heavy atom. The van der Waals surface area contributed by atoms with Crippen LogP contribution in [-0.4, -0.2) is 48.9 Å². The van der Waals surface area contributed by atoms with Crippen LogP contribution in [0.4, 0.5) is 0 Å². The van der Waals surface area contributed by atoms with Crippen LogP contribution in [0, 0.1) is 19.8 Å². The summed E-state index contributed by atoms with van der Waals surface area (Å²) >= 11 is 0. The Morgan fingerprint density at radius 2 is 2.04 bits per heavy atom. The largest absolute Gasteiger partial charge is 0.348 e. The molecule has 1 aliphatic carbocycles. The molecule has 2 unspecified atom stereocenters. The summed E-state index contributed by atoms with van der Waals surface area (Å²) in [4.78, 5) is 16.8. The van der Waals surface area contributed by atoms with Gasteiger partial charge < -0.3 is 4.90 Å². The second kappa shape index (κ2) is 6.80. The molecule has 3 heteroatoms. The van der Waals surface area contributed by atoms with E-state index in [1.807, 2.05) is 14.1 Å². The van der Waals surface area contributed by atoms with E-state index in [0.29, 0.717) is 6.04 Å². The number of carbonyl (C=O) groups is 1. The molecule has 2 aliphatic rings. The minimum atomic E-state index is -0.0529. The van der Waals surface area contributed by atoms with Crippen LogP contribution in [-0.2, 0) is 4.79 Å². The molecular formula is C22H30N2O. The zero-order valence-corrected chi connectivity index (χ0v) is 16.4. The second-order valence-electron chi connectivity index (χ2n) is 7.51. The van der Waals surface area contributed by atoms with Crippen LogP contribution in [0.5, 0.6) is 0 Å². The third-order valence-corrected chi connectivity index (χ3v) is 5.91. The zero-order valence-electron chi connectivity index (χ0n) is 16.4. The molecule has 25 heavy (non-hydrogen) atoms. The quantitative estimate of drug-likeness (QED) is 0.816. The van der Waals surface area contributed by atoms with Gasteiger partial charge in [0.15, 0.2) is 0 Å². The Bertz CT molecular complexity index is 758. The fourth-order valence-corrected chi connectivity index (χ4v) is 4.34. The number of aryl methyl sites for hydroxylation is 1. The van der Waals surface area contributed by atoms with Crippen molar-refractivity contribution < 1.29 is 4.79 Å². The van der Waals surface area contributed by atoms with Gasteiger partial charge in [0.25, 0.3) is 0 Å². The zero-order chi connectivity index (χ0) is 18.3. The fraction of sp³-hybridized carbons (Fsp3) is 0.500. The van der Waals surface area contributed by atoms with E-state index in [-0.39, 0.29) is 11.8 Å².